The van der Waals surface area contributed by atoms with Crippen LogP contribution >= 0.6 is 15.9 Å². The van der Waals surface area contributed by atoms with Crippen molar-refractivity contribution in [2.24, 2.45) is 5.41 Å². The van der Waals surface area contributed by atoms with E-state index in [-0.39, 0.29) is 0 Å². The Hall–Kier alpha value is -0.380. The van der Waals surface area contributed by atoms with Gasteiger partial charge in [-0.15, -0.1) is 0 Å². The van der Waals surface area contributed by atoms with Gasteiger partial charge in [0, 0.05) is 23.5 Å². The van der Waals surface area contributed by atoms with Crippen molar-refractivity contribution in [1.29, 1.82) is 0 Å². The molecule has 0 amide bonds. The van der Waals surface area contributed by atoms with Gasteiger partial charge >= 0.3 is 0 Å². The average Bonchev–Trinajstić information content (AvgIpc) is 2.48. The Morgan fingerprint density at radius 3 is 3.10 bits per heavy atom. The largest absolute Gasteiger partial charge is 0.378 e. The molecule has 1 N–H and O–H groups in total. The molecule has 0 aromatic heterocycles. The molecule has 1 aromatic rings. The summed E-state index contributed by atoms with van der Waals surface area (Å²) in [6.07, 6.45) is 6.64. The van der Waals surface area contributed by atoms with Crippen LogP contribution in [0, 0.1) is 5.41 Å². The third-order valence-corrected chi connectivity index (χ3v) is 5.83. The highest BCUT2D eigenvalue weighted by atomic mass is 79.9. The van der Waals surface area contributed by atoms with Crippen molar-refractivity contribution in [3.8, 4) is 0 Å². The highest BCUT2D eigenvalue weighted by Gasteiger charge is 2.44. The molecular weight excluding hydrogens is 326 g/mol. The van der Waals surface area contributed by atoms with Crippen molar-refractivity contribution in [3.05, 3.63) is 34.3 Å². The van der Waals surface area contributed by atoms with Gasteiger partial charge < -0.3 is 10.1 Å². The minimum absolute atomic E-state index is 0.435. The second kappa shape index (κ2) is 6.80. The number of ether oxygens (including phenoxy) is 1. The Bertz CT molecular complexity index is 472. The molecule has 2 heterocycles. The lowest BCUT2D eigenvalue weighted by Gasteiger charge is -2.49. The van der Waals surface area contributed by atoms with E-state index in [2.05, 4.69) is 52.4 Å². The van der Waals surface area contributed by atoms with Crippen LogP contribution in [0.15, 0.2) is 28.7 Å². The summed E-state index contributed by atoms with van der Waals surface area (Å²) in [5, 5.41) is 3.62. The Kier molecular flexibility index (Phi) is 5.03. The summed E-state index contributed by atoms with van der Waals surface area (Å²) >= 11 is 3.63. The molecule has 2 aliphatic heterocycles. The molecule has 3 unspecified atom stereocenters. The van der Waals surface area contributed by atoms with Gasteiger partial charge in [-0.2, -0.15) is 0 Å². The molecule has 1 spiro atoms. The zero-order valence-corrected chi connectivity index (χ0v) is 14.5. The summed E-state index contributed by atoms with van der Waals surface area (Å²) in [6.45, 7) is 5.46. The van der Waals surface area contributed by atoms with Gasteiger partial charge in [-0.3, -0.25) is 0 Å². The van der Waals surface area contributed by atoms with Gasteiger partial charge in [0.1, 0.15) is 0 Å². The predicted molar refractivity (Wildman–Crippen MR) is 90.7 cm³/mol. The van der Waals surface area contributed by atoms with E-state index in [9.17, 15) is 0 Å². The molecule has 21 heavy (non-hydrogen) atoms. The molecule has 2 fully saturated rings. The van der Waals surface area contributed by atoms with E-state index < -0.39 is 0 Å². The fraction of sp³-hybridized carbons (Fsp3) is 0.667. The van der Waals surface area contributed by atoms with Crippen LogP contribution in [0.25, 0.3) is 0 Å². The number of rotatable bonds is 3. The summed E-state index contributed by atoms with van der Waals surface area (Å²) in [4.78, 5) is 0. The maximum atomic E-state index is 6.02. The van der Waals surface area contributed by atoms with Crippen molar-refractivity contribution in [2.75, 3.05) is 19.7 Å². The van der Waals surface area contributed by atoms with Gasteiger partial charge in [0.05, 0.1) is 6.10 Å². The molecule has 2 saturated heterocycles. The van der Waals surface area contributed by atoms with Gasteiger partial charge in [-0.25, -0.2) is 0 Å². The SMILES string of the molecule is CCCC1CC2(CCNCC2c2cccc(Br)c2)CCO1. The van der Waals surface area contributed by atoms with E-state index in [1.165, 1.54) is 42.1 Å². The van der Waals surface area contributed by atoms with Crippen molar-refractivity contribution in [2.45, 2.75) is 51.0 Å². The van der Waals surface area contributed by atoms with Crippen LogP contribution in [0.1, 0.15) is 50.5 Å². The molecule has 3 rings (SSSR count). The van der Waals surface area contributed by atoms with E-state index in [0.717, 1.165) is 19.7 Å². The normalized spacial score (nSPS) is 33.2. The fourth-order valence-corrected chi connectivity index (χ4v) is 4.68. The van der Waals surface area contributed by atoms with Crippen LogP contribution in [-0.2, 0) is 4.74 Å². The molecule has 1 aromatic carbocycles. The zero-order chi connectivity index (χ0) is 14.7. The summed E-state index contributed by atoms with van der Waals surface area (Å²) in [6, 6.07) is 8.90. The smallest absolute Gasteiger partial charge is 0.0580 e. The standard InChI is InChI=1S/C18H26BrNO/c1-2-4-16-12-18(8-10-21-16)7-9-20-13-17(18)14-5-3-6-15(19)11-14/h3,5-6,11,16-17,20H,2,4,7-10,12-13H2,1H3. The van der Waals surface area contributed by atoms with Gasteiger partial charge in [0.25, 0.3) is 0 Å². The molecule has 0 radical (unpaired) electrons. The van der Waals surface area contributed by atoms with Crippen molar-refractivity contribution >= 4 is 15.9 Å². The minimum atomic E-state index is 0.435. The van der Waals surface area contributed by atoms with E-state index in [1.54, 1.807) is 0 Å². The molecular formula is C18H26BrNO. The van der Waals surface area contributed by atoms with Crippen LogP contribution in [0.4, 0.5) is 0 Å². The van der Waals surface area contributed by atoms with Crippen LogP contribution in [0.2, 0.25) is 0 Å². The van der Waals surface area contributed by atoms with Crippen molar-refractivity contribution in [1.82, 2.24) is 5.32 Å². The van der Waals surface area contributed by atoms with Gasteiger partial charge in [-0.05, 0) is 55.3 Å². The molecule has 116 valence electrons. The first-order valence-corrected chi connectivity index (χ1v) is 9.10. The summed E-state index contributed by atoms with van der Waals surface area (Å²) in [7, 11) is 0. The Balaban J connectivity index is 1.86. The summed E-state index contributed by atoms with van der Waals surface area (Å²) in [5.74, 6) is 0.618. The van der Waals surface area contributed by atoms with Gasteiger partial charge in [0.15, 0.2) is 0 Å². The lowest BCUT2D eigenvalue weighted by Crippen LogP contribution is -2.48. The number of halogens is 1. The Morgan fingerprint density at radius 1 is 1.38 bits per heavy atom. The topological polar surface area (TPSA) is 21.3 Å². The molecule has 3 heteroatoms. The van der Waals surface area contributed by atoms with Crippen LogP contribution in [0.3, 0.4) is 0 Å². The number of hydrogen-bond acceptors (Lipinski definition) is 2. The first-order valence-electron chi connectivity index (χ1n) is 8.31. The number of hydrogen-bond donors (Lipinski definition) is 1. The van der Waals surface area contributed by atoms with Crippen LogP contribution in [0.5, 0.6) is 0 Å². The second-order valence-electron chi connectivity index (χ2n) is 6.66. The van der Waals surface area contributed by atoms with E-state index >= 15 is 0 Å². The predicted octanol–water partition coefficient (Wildman–Crippen LogP) is 4.49. The lowest BCUT2D eigenvalue weighted by molar-refractivity contribution is -0.0711. The Morgan fingerprint density at radius 2 is 2.29 bits per heavy atom. The quantitative estimate of drug-likeness (QED) is 0.865. The molecule has 0 bridgehead atoms. The monoisotopic (exact) mass is 351 g/mol. The lowest BCUT2D eigenvalue weighted by atomic mass is 9.62. The zero-order valence-electron chi connectivity index (χ0n) is 12.9. The maximum absolute atomic E-state index is 6.02. The van der Waals surface area contributed by atoms with Gasteiger partial charge in [0.2, 0.25) is 0 Å². The third kappa shape index (κ3) is 3.35. The second-order valence-corrected chi connectivity index (χ2v) is 7.58. The first-order chi connectivity index (χ1) is 10.2. The molecule has 3 atom stereocenters. The minimum Gasteiger partial charge on any atom is -0.378 e. The molecule has 2 aliphatic rings. The first kappa shape index (κ1) is 15.5. The van der Waals surface area contributed by atoms with Crippen molar-refractivity contribution < 1.29 is 4.74 Å². The van der Waals surface area contributed by atoms with Crippen LogP contribution < -0.4 is 5.32 Å². The average molecular weight is 352 g/mol. The number of nitrogens with one attached hydrogen (secondary N) is 1. The van der Waals surface area contributed by atoms with E-state index in [1.807, 2.05) is 0 Å². The van der Waals surface area contributed by atoms with Crippen molar-refractivity contribution in [3.63, 3.8) is 0 Å². The number of piperidine rings is 1. The molecule has 0 aliphatic carbocycles. The summed E-state index contributed by atoms with van der Waals surface area (Å²) < 4.78 is 7.22. The van der Waals surface area contributed by atoms with E-state index in [4.69, 9.17) is 4.74 Å². The Labute approximate surface area is 136 Å². The molecule has 0 saturated carbocycles. The fourth-order valence-electron chi connectivity index (χ4n) is 4.26. The van der Waals surface area contributed by atoms with Gasteiger partial charge in [-0.1, -0.05) is 41.4 Å². The highest BCUT2D eigenvalue weighted by molar-refractivity contribution is 9.10. The molecule has 2 nitrogen and oxygen atoms in total. The maximum Gasteiger partial charge on any atom is 0.0580 e. The van der Waals surface area contributed by atoms with Crippen LogP contribution in [-0.4, -0.2) is 25.8 Å². The van der Waals surface area contributed by atoms with E-state index in [0.29, 0.717) is 17.4 Å². The number of benzene rings is 1. The highest BCUT2D eigenvalue weighted by Crippen LogP contribution is 2.50. The summed E-state index contributed by atoms with van der Waals surface area (Å²) in [5.41, 5.74) is 1.91. The third-order valence-electron chi connectivity index (χ3n) is 5.34.